The van der Waals surface area contributed by atoms with E-state index in [1.54, 1.807) is 6.92 Å². The SMILES string of the molecule is CC(=O)c1c2ccccc2nc2ccccc12. The number of fused-ring (bicyclic) bond motifs is 2. The summed E-state index contributed by atoms with van der Waals surface area (Å²) in [5.74, 6) is 0.0831. The van der Waals surface area contributed by atoms with Gasteiger partial charge < -0.3 is 0 Å². The van der Waals surface area contributed by atoms with Crippen LogP contribution in [0.4, 0.5) is 0 Å². The van der Waals surface area contributed by atoms with E-state index in [9.17, 15) is 4.79 Å². The molecule has 0 atom stereocenters. The van der Waals surface area contributed by atoms with Crippen LogP contribution in [0.3, 0.4) is 0 Å². The zero-order valence-corrected chi connectivity index (χ0v) is 9.47. The molecular formula is C15H11NO. The number of nitrogens with zero attached hydrogens (tertiary/aromatic N) is 1. The Labute approximate surface area is 98.9 Å². The Hall–Kier alpha value is -2.22. The van der Waals surface area contributed by atoms with Crippen molar-refractivity contribution in [2.75, 3.05) is 0 Å². The van der Waals surface area contributed by atoms with Crippen molar-refractivity contribution in [3.63, 3.8) is 0 Å². The highest BCUT2D eigenvalue weighted by atomic mass is 16.1. The van der Waals surface area contributed by atoms with Crippen molar-refractivity contribution in [1.29, 1.82) is 0 Å². The summed E-state index contributed by atoms with van der Waals surface area (Å²) >= 11 is 0. The number of carbonyl (C=O) groups is 1. The smallest absolute Gasteiger partial charge is 0.161 e. The molecule has 1 aromatic heterocycles. The number of hydrogen-bond acceptors (Lipinski definition) is 2. The van der Waals surface area contributed by atoms with Crippen molar-refractivity contribution in [1.82, 2.24) is 4.98 Å². The minimum Gasteiger partial charge on any atom is -0.294 e. The van der Waals surface area contributed by atoms with Gasteiger partial charge in [-0.15, -0.1) is 0 Å². The van der Waals surface area contributed by atoms with E-state index in [1.807, 2.05) is 48.5 Å². The molecule has 2 heteroatoms. The summed E-state index contributed by atoms with van der Waals surface area (Å²) in [5.41, 5.74) is 2.51. The van der Waals surface area contributed by atoms with E-state index in [4.69, 9.17) is 0 Å². The Kier molecular flexibility index (Phi) is 2.15. The molecule has 2 aromatic carbocycles. The van der Waals surface area contributed by atoms with Gasteiger partial charge in [-0.25, -0.2) is 4.98 Å². The van der Waals surface area contributed by atoms with Gasteiger partial charge >= 0.3 is 0 Å². The Morgan fingerprint density at radius 3 is 1.82 bits per heavy atom. The molecule has 0 aliphatic carbocycles. The van der Waals surface area contributed by atoms with E-state index in [0.29, 0.717) is 0 Å². The Morgan fingerprint density at radius 2 is 1.35 bits per heavy atom. The third kappa shape index (κ3) is 1.49. The van der Waals surface area contributed by atoms with Crippen LogP contribution in [0.1, 0.15) is 17.3 Å². The number of rotatable bonds is 1. The van der Waals surface area contributed by atoms with Crippen LogP contribution in [0.2, 0.25) is 0 Å². The summed E-state index contributed by atoms with van der Waals surface area (Å²) in [7, 11) is 0. The van der Waals surface area contributed by atoms with Crippen molar-refractivity contribution in [3.05, 3.63) is 54.1 Å². The van der Waals surface area contributed by atoms with Crippen molar-refractivity contribution >= 4 is 27.6 Å². The first-order valence-corrected chi connectivity index (χ1v) is 5.56. The molecule has 0 amide bonds. The van der Waals surface area contributed by atoms with Gasteiger partial charge in [-0.05, 0) is 19.1 Å². The largest absolute Gasteiger partial charge is 0.294 e. The topological polar surface area (TPSA) is 30.0 Å². The van der Waals surface area contributed by atoms with Gasteiger partial charge in [-0.1, -0.05) is 36.4 Å². The number of carbonyl (C=O) groups excluding carboxylic acids is 1. The van der Waals surface area contributed by atoms with Gasteiger partial charge in [0.25, 0.3) is 0 Å². The van der Waals surface area contributed by atoms with Gasteiger partial charge in [0.05, 0.1) is 11.0 Å². The molecule has 0 unspecified atom stereocenters. The number of para-hydroxylation sites is 2. The van der Waals surface area contributed by atoms with Gasteiger partial charge in [-0.3, -0.25) is 4.79 Å². The Morgan fingerprint density at radius 1 is 0.882 bits per heavy atom. The molecule has 0 aliphatic heterocycles. The van der Waals surface area contributed by atoms with Gasteiger partial charge in [0, 0.05) is 16.3 Å². The lowest BCUT2D eigenvalue weighted by Gasteiger charge is -2.07. The predicted octanol–water partition coefficient (Wildman–Crippen LogP) is 3.59. The minimum absolute atomic E-state index is 0.0831. The highest BCUT2D eigenvalue weighted by Crippen LogP contribution is 2.25. The molecule has 0 saturated carbocycles. The van der Waals surface area contributed by atoms with E-state index in [1.165, 1.54) is 0 Å². The lowest BCUT2D eigenvalue weighted by Crippen LogP contribution is -1.97. The van der Waals surface area contributed by atoms with Crippen LogP contribution in [0.15, 0.2) is 48.5 Å². The molecule has 0 saturated heterocycles. The average Bonchev–Trinajstić information content (AvgIpc) is 2.35. The second-order valence-corrected chi connectivity index (χ2v) is 4.08. The normalized spacial score (nSPS) is 10.9. The molecule has 1 heterocycles. The molecule has 82 valence electrons. The van der Waals surface area contributed by atoms with Crippen LogP contribution in [-0.4, -0.2) is 10.8 Å². The van der Waals surface area contributed by atoms with Crippen molar-refractivity contribution in [3.8, 4) is 0 Å². The molecule has 0 fully saturated rings. The first-order chi connectivity index (χ1) is 8.27. The van der Waals surface area contributed by atoms with Crippen molar-refractivity contribution in [2.24, 2.45) is 0 Å². The van der Waals surface area contributed by atoms with Crippen LogP contribution >= 0.6 is 0 Å². The lowest BCUT2D eigenvalue weighted by molar-refractivity contribution is 0.102. The zero-order valence-electron chi connectivity index (χ0n) is 9.47. The van der Waals surface area contributed by atoms with Crippen LogP contribution in [0, 0.1) is 0 Å². The second kappa shape index (κ2) is 3.67. The lowest BCUT2D eigenvalue weighted by atomic mass is 10.00. The summed E-state index contributed by atoms with van der Waals surface area (Å²) in [6.07, 6.45) is 0. The van der Waals surface area contributed by atoms with E-state index in [2.05, 4.69) is 4.98 Å². The minimum atomic E-state index is 0.0831. The average molecular weight is 221 g/mol. The van der Waals surface area contributed by atoms with E-state index < -0.39 is 0 Å². The number of hydrogen-bond donors (Lipinski definition) is 0. The Bertz CT molecular complexity index is 677. The summed E-state index contributed by atoms with van der Waals surface area (Å²) in [5, 5.41) is 1.86. The van der Waals surface area contributed by atoms with Crippen LogP contribution in [-0.2, 0) is 0 Å². The van der Waals surface area contributed by atoms with E-state index in [0.717, 1.165) is 27.4 Å². The third-order valence-electron chi connectivity index (χ3n) is 2.94. The van der Waals surface area contributed by atoms with Gasteiger partial charge in [0.1, 0.15) is 0 Å². The summed E-state index contributed by atoms with van der Waals surface area (Å²) in [6.45, 7) is 1.61. The van der Waals surface area contributed by atoms with Crippen molar-refractivity contribution in [2.45, 2.75) is 6.92 Å². The maximum absolute atomic E-state index is 11.8. The summed E-state index contributed by atoms with van der Waals surface area (Å²) in [6, 6.07) is 15.5. The van der Waals surface area contributed by atoms with Crippen molar-refractivity contribution < 1.29 is 4.79 Å². The van der Waals surface area contributed by atoms with Gasteiger partial charge in [0.2, 0.25) is 0 Å². The summed E-state index contributed by atoms with van der Waals surface area (Å²) in [4.78, 5) is 16.4. The molecular weight excluding hydrogens is 210 g/mol. The van der Waals surface area contributed by atoms with E-state index in [-0.39, 0.29) is 5.78 Å². The molecule has 2 nitrogen and oxygen atoms in total. The standard InChI is InChI=1S/C15H11NO/c1-10(17)15-11-6-2-4-8-13(11)16-14-9-5-3-7-12(14)15/h2-9H,1H3. The predicted molar refractivity (Wildman–Crippen MR) is 69.3 cm³/mol. The molecule has 0 radical (unpaired) electrons. The monoisotopic (exact) mass is 221 g/mol. The first-order valence-electron chi connectivity index (χ1n) is 5.56. The number of aromatic nitrogens is 1. The van der Waals surface area contributed by atoms with Gasteiger partial charge in [0.15, 0.2) is 5.78 Å². The number of ketones is 1. The molecule has 0 spiro atoms. The molecule has 3 rings (SSSR count). The molecule has 0 aliphatic rings. The zero-order chi connectivity index (χ0) is 11.8. The third-order valence-corrected chi connectivity index (χ3v) is 2.94. The van der Waals surface area contributed by atoms with Crippen LogP contribution in [0.5, 0.6) is 0 Å². The number of Topliss-reactive ketones (excluding diaryl/α,β-unsaturated/α-hetero) is 1. The van der Waals surface area contributed by atoms with E-state index >= 15 is 0 Å². The van der Waals surface area contributed by atoms with Gasteiger partial charge in [-0.2, -0.15) is 0 Å². The highest BCUT2D eigenvalue weighted by Gasteiger charge is 2.11. The summed E-state index contributed by atoms with van der Waals surface area (Å²) < 4.78 is 0. The maximum atomic E-state index is 11.8. The van der Waals surface area contributed by atoms with Crippen LogP contribution < -0.4 is 0 Å². The Balaban J connectivity index is 2.61. The fourth-order valence-corrected chi connectivity index (χ4v) is 2.22. The fraction of sp³-hybridized carbons (Fsp3) is 0.0667. The molecule has 0 N–H and O–H groups in total. The number of benzene rings is 2. The highest BCUT2D eigenvalue weighted by molar-refractivity contribution is 6.16. The molecule has 3 aromatic rings. The quantitative estimate of drug-likeness (QED) is 0.464. The van der Waals surface area contributed by atoms with Crippen LogP contribution in [0.25, 0.3) is 21.8 Å². The first kappa shape index (κ1) is 9.97. The molecule has 0 bridgehead atoms. The fourth-order valence-electron chi connectivity index (χ4n) is 2.22. The maximum Gasteiger partial charge on any atom is 0.161 e. The molecule has 17 heavy (non-hydrogen) atoms. The second-order valence-electron chi connectivity index (χ2n) is 4.08. The number of pyridine rings is 1.